The number of anilines is 1. The van der Waals surface area contributed by atoms with Crippen molar-refractivity contribution in [1.82, 2.24) is 0 Å². The Morgan fingerprint density at radius 3 is 2.42 bits per heavy atom. The van der Waals surface area contributed by atoms with Crippen molar-refractivity contribution in [2.75, 3.05) is 5.32 Å². The molecule has 3 aromatic rings. The number of hydrogen-bond donors (Lipinski definition) is 2. The van der Waals surface area contributed by atoms with Crippen LogP contribution in [0.15, 0.2) is 63.9 Å². The first-order chi connectivity index (χ1) is 12.3. The molecule has 6 nitrogen and oxygen atoms in total. The van der Waals surface area contributed by atoms with Gasteiger partial charge in [-0.3, -0.25) is 4.79 Å². The van der Waals surface area contributed by atoms with Crippen LogP contribution in [0.5, 0.6) is 0 Å². The van der Waals surface area contributed by atoms with Gasteiger partial charge in [0.1, 0.15) is 5.76 Å². The normalized spacial score (nSPS) is 11.3. The van der Waals surface area contributed by atoms with Gasteiger partial charge >= 0.3 is 0 Å². The number of furan rings is 1. The van der Waals surface area contributed by atoms with Crippen LogP contribution in [0.4, 0.5) is 5.69 Å². The minimum atomic E-state index is -3.78. The molecule has 0 fully saturated rings. The molecule has 0 atom stereocenters. The van der Waals surface area contributed by atoms with E-state index in [1.165, 1.54) is 24.3 Å². The summed E-state index contributed by atoms with van der Waals surface area (Å²) in [4.78, 5) is 12.3. The van der Waals surface area contributed by atoms with Gasteiger partial charge in [0.2, 0.25) is 10.0 Å². The Kier molecular flexibility index (Phi) is 4.86. The van der Waals surface area contributed by atoms with Crippen molar-refractivity contribution in [3.05, 3.63) is 70.9 Å². The third kappa shape index (κ3) is 3.80. The highest BCUT2D eigenvalue weighted by molar-refractivity contribution is 7.89. The van der Waals surface area contributed by atoms with Crippen molar-refractivity contribution in [2.24, 2.45) is 5.14 Å². The molecule has 0 radical (unpaired) electrons. The quantitative estimate of drug-likeness (QED) is 0.707. The lowest BCUT2D eigenvalue weighted by Gasteiger charge is -2.05. The first-order valence-electron chi connectivity index (χ1n) is 7.55. The summed E-state index contributed by atoms with van der Waals surface area (Å²) in [7, 11) is -3.78. The van der Waals surface area contributed by atoms with Crippen LogP contribution in [0.2, 0.25) is 5.02 Å². The molecule has 134 valence electrons. The Morgan fingerprint density at radius 2 is 1.77 bits per heavy atom. The van der Waals surface area contributed by atoms with Gasteiger partial charge in [-0.15, -0.1) is 0 Å². The van der Waals surface area contributed by atoms with Gasteiger partial charge < -0.3 is 9.73 Å². The Bertz CT molecular complexity index is 1070. The smallest absolute Gasteiger partial charge is 0.291 e. The molecular weight excluding hydrogens is 376 g/mol. The van der Waals surface area contributed by atoms with Gasteiger partial charge in [0.05, 0.1) is 4.90 Å². The van der Waals surface area contributed by atoms with Crippen molar-refractivity contribution in [1.29, 1.82) is 0 Å². The molecule has 1 amide bonds. The highest BCUT2D eigenvalue weighted by atomic mass is 35.5. The zero-order chi connectivity index (χ0) is 18.9. The van der Waals surface area contributed by atoms with E-state index < -0.39 is 15.9 Å². The summed E-state index contributed by atoms with van der Waals surface area (Å²) in [6.07, 6.45) is 0. The predicted molar refractivity (Wildman–Crippen MR) is 99.7 cm³/mol. The number of amides is 1. The zero-order valence-electron chi connectivity index (χ0n) is 13.7. The van der Waals surface area contributed by atoms with Crippen molar-refractivity contribution >= 4 is 33.2 Å². The number of carbonyl (C=O) groups is 1. The Morgan fingerprint density at radius 1 is 1.08 bits per heavy atom. The van der Waals surface area contributed by atoms with Crippen molar-refractivity contribution in [2.45, 2.75) is 11.8 Å². The van der Waals surface area contributed by atoms with Gasteiger partial charge in [0.15, 0.2) is 5.76 Å². The summed E-state index contributed by atoms with van der Waals surface area (Å²) in [5.41, 5.74) is 2.07. The first-order valence-corrected chi connectivity index (χ1v) is 9.47. The monoisotopic (exact) mass is 390 g/mol. The van der Waals surface area contributed by atoms with Crippen LogP contribution in [0.3, 0.4) is 0 Å². The SMILES string of the molecule is Cc1c(Cl)cccc1-c1ccc(C(=O)Nc2ccc(S(N)(=O)=O)cc2)o1. The summed E-state index contributed by atoms with van der Waals surface area (Å²) >= 11 is 6.11. The van der Waals surface area contributed by atoms with Crippen LogP contribution in [-0.4, -0.2) is 14.3 Å². The molecule has 3 rings (SSSR count). The average Bonchev–Trinajstić information content (AvgIpc) is 3.07. The lowest BCUT2D eigenvalue weighted by molar-refractivity contribution is 0.0997. The maximum absolute atomic E-state index is 12.3. The van der Waals surface area contributed by atoms with E-state index >= 15 is 0 Å². The fourth-order valence-electron chi connectivity index (χ4n) is 2.40. The van der Waals surface area contributed by atoms with Crippen molar-refractivity contribution < 1.29 is 17.6 Å². The Balaban J connectivity index is 1.79. The third-order valence-electron chi connectivity index (χ3n) is 3.80. The number of hydrogen-bond acceptors (Lipinski definition) is 4. The van der Waals surface area contributed by atoms with Gasteiger partial charge in [0, 0.05) is 16.3 Å². The number of carbonyl (C=O) groups excluding carboxylic acids is 1. The molecule has 1 aromatic heterocycles. The van der Waals surface area contributed by atoms with E-state index in [-0.39, 0.29) is 10.7 Å². The van der Waals surface area contributed by atoms with Crippen molar-refractivity contribution in [3.63, 3.8) is 0 Å². The number of halogens is 1. The number of primary sulfonamides is 1. The second-order valence-corrected chi connectivity index (χ2v) is 7.57. The van der Waals surface area contributed by atoms with E-state index in [1.54, 1.807) is 24.3 Å². The number of nitrogens with two attached hydrogens (primary N) is 1. The second-order valence-electron chi connectivity index (χ2n) is 5.60. The topological polar surface area (TPSA) is 102 Å². The molecular formula is C18H15ClN2O4S. The molecule has 8 heteroatoms. The van der Waals surface area contributed by atoms with Crippen LogP contribution in [0, 0.1) is 6.92 Å². The van der Waals surface area contributed by atoms with E-state index in [4.69, 9.17) is 21.2 Å². The van der Waals surface area contributed by atoms with Crippen molar-refractivity contribution in [3.8, 4) is 11.3 Å². The summed E-state index contributed by atoms with van der Waals surface area (Å²) in [6, 6.07) is 14.2. The maximum atomic E-state index is 12.3. The summed E-state index contributed by atoms with van der Waals surface area (Å²) in [5, 5.41) is 8.28. The van der Waals surface area contributed by atoms with E-state index in [2.05, 4.69) is 5.32 Å². The molecule has 0 spiro atoms. The Labute approximate surface area is 155 Å². The van der Waals surface area contributed by atoms with Gasteiger partial charge in [-0.25, -0.2) is 13.6 Å². The highest BCUT2D eigenvalue weighted by Gasteiger charge is 2.15. The molecule has 3 N–H and O–H groups in total. The number of sulfonamides is 1. The molecule has 0 aliphatic heterocycles. The van der Waals surface area contributed by atoms with Gasteiger partial charge in [-0.2, -0.15) is 0 Å². The van der Waals surface area contributed by atoms with Gasteiger partial charge in [0.25, 0.3) is 5.91 Å². The lowest BCUT2D eigenvalue weighted by Crippen LogP contribution is -2.13. The molecule has 0 saturated heterocycles. The van der Waals surface area contributed by atoms with Crippen LogP contribution in [-0.2, 0) is 10.0 Å². The van der Waals surface area contributed by atoms with Crippen LogP contribution in [0.1, 0.15) is 16.1 Å². The molecule has 0 aliphatic carbocycles. The molecule has 2 aromatic carbocycles. The molecule has 0 bridgehead atoms. The number of rotatable bonds is 4. The van der Waals surface area contributed by atoms with Gasteiger partial charge in [-0.05, 0) is 55.0 Å². The largest absolute Gasteiger partial charge is 0.451 e. The molecule has 1 heterocycles. The first kappa shape index (κ1) is 18.2. The maximum Gasteiger partial charge on any atom is 0.291 e. The molecule has 26 heavy (non-hydrogen) atoms. The van der Waals surface area contributed by atoms with E-state index in [9.17, 15) is 13.2 Å². The molecule has 0 saturated carbocycles. The molecule has 0 aliphatic rings. The van der Waals surface area contributed by atoms with E-state index in [1.807, 2.05) is 13.0 Å². The molecule has 0 unspecified atom stereocenters. The van der Waals surface area contributed by atoms with Crippen LogP contribution in [0.25, 0.3) is 11.3 Å². The van der Waals surface area contributed by atoms with Crippen LogP contribution < -0.4 is 10.5 Å². The fourth-order valence-corrected chi connectivity index (χ4v) is 3.09. The second kappa shape index (κ2) is 6.95. The zero-order valence-corrected chi connectivity index (χ0v) is 15.3. The van der Waals surface area contributed by atoms with E-state index in [0.29, 0.717) is 16.5 Å². The van der Waals surface area contributed by atoms with Gasteiger partial charge in [-0.1, -0.05) is 23.7 Å². The van der Waals surface area contributed by atoms with Crippen LogP contribution >= 0.6 is 11.6 Å². The number of benzene rings is 2. The minimum Gasteiger partial charge on any atom is -0.451 e. The summed E-state index contributed by atoms with van der Waals surface area (Å²) in [5.74, 6) is 0.189. The van der Waals surface area contributed by atoms with E-state index in [0.717, 1.165) is 11.1 Å². The minimum absolute atomic E-state index is 0.0350. The fraction of sp³-hybridized carbons (Fsp3) is 0.0556. The summed E-state index contributed by atoms with van der Waals surface area (Å²) in [6.45, 7) is 1.87. The number of nitrogens with one attached hydrogen (secondary N) is 1. The Hall–Kier alpha value is -2.61. The third-order valence-corrected chi connectivity index (χ3v) is 5.14. The predicted octanol–water partition coefficient (Wildman–Crippen LogP) is 3.81. The summed E-state index contributed by atoms with van der Waals surface area (Å²) < 4.78 is 28.1. The average molecular weight is 391 g/mol. The standard InChI is InChI=1S/C18H15ClN2O4S/c1-11-14(3-2-4-15(11)19)16-9-10-17(25-16)18(22)21-12-5-7-13(8-6-12)26(20,23)24/h2-10H,1H3,(H,21,22)(H2,20,23,24). The lowest BCUT2D eigenvalue weighted by atomic mass is 10.1. The highest BCUT2D eigenvalue weighted by Crippen LogP contribution is 2.30.